The lowest BCUT2D eigenvalue weighted by Crippen LogP contribution is -3.05. The summed E-state index contributed by atoms with van der Waals surface area (Å²) in [5, 5.41) is 0. The molecule has 2 aromatic rings. The molecular formula is C35H44N2O12S4+2. The molecule has 0 spiro atoms. The Bertz CT molecular complexity index is 2490. The largest absolute Gasteiger partial charge is 0.294 e. The first-order valence-corrected chi connectivity index (χ1v) is 22.8. The molecule has 53 heavy (non-hydrogen) atoms. The fourth-order valence-electron chi connectivity index (χ4n) is 7.53. The normalized spacial score (nSPS) is 21.9. The average molecular weight is 813 g/mol. The third-order valence-corrected chi connectivity index (χ3v) is 13.5. The van der Waals surface area contributed by atoms with Crippen molar-refractivity contribution in [2.24, 2.45) is 0 Å². The highest BCUT2D eigenvalue weighted by Crippen LogP contribution is 2.43. The number of quaternary nitrogens is 1. The molecule has 0 aromatic heterocycles. The van der Waals surface area contributed by atoms with Gasteiger partial charge in [-0.3, -0.25) is 23.1 Å². The fourth-order valence-corrected chi connectivity index (χ4v) is 9.42. The first-order valence-electron chi connectivity index (χ1n) is 16.7. The van der Waals surface area contributed by atoms with Gasteiger partial charge in [0.25, 0.3) is 40.5 Å². The number of allylic oxidation sites excluding steroid dienone is 8. The molecule has 5 N–H and O–H groups in total. The molecule has 1 unspecified atom stereocenters. The lowest BCUT2D eigenvalue weighted by molar-refractivity contribution is -0.785. The summed E-state index contributed by atoms with van der Waals surface area (Å²) in [7, 11) is -17.7. The summed E-state index contributed by atoms with van der Waals surface area (Å²) in [5.74, 6) is -1.12. The van der Waals surface area contributed by atoms with Crippen molar-refractivity contribution in [1.82, 2.24) is 0 Å². The predicted molar refractivity (Wildman–Crippen MR) is 199 cm³/mol. The zero-order chi connectivity index (χ0) is 39.5. The van der Waals surface area contributed by atoms with Gasteiger partial charge in [-0.15, -0.1) is 0 Å². The Morgan fingerprint density at radius 2 is 1.32 bits per heavy atom. The maximum Gasteiger partial charge on any atom is 0.294 e. The minimum Gasteiger partial charge on any atom is -0.285 e. The number of rotatable bonds is 11. The van der Waals surface area contributed by atoms with Gasteiger partial charge in [-0.25, -0.2) is 0 Å². The summed E-state index contributed by atoms with van der Waals surface area (Å²) in [6.07, 6.45) is 9.83. The van der Waals surface area contributed by atoms with E-state index in [-0.39, 0.29) is 22.9 Å². The van der Waals surface area contributed by atoms with Gasteiger partial charge in [0.1, 0.15) is 29.4 Å². The van der Waals surface area contributed by atoms with Crippen molar-refractivity contribution >= 4 is 57.6 Å². The second-order valence-corrected chi connectivity index (χ2v) is 20.5. The summed E-state index contributed by atoms with van der Waals surface area (Å²) in [5.41, 5.74) is 4.99. The first kappa shape index (κ1) is 40.8. The lowest BCUT2D eigenvalue weighted by atomic mass is 9.80. The average Bonchev–Trinajstić information content (AvgIpc) is 3.37. The standard InChI is InChI=1S/C35H42N2O12S4/c1-23-24(9-15-32-34(2,3)28-21-26(52(44,45)46)11-13-30(28)36(32)17-19-50(38,39)40)7-6-8-25(23)10-16-33-35(4,5)29-22-27(53(47,48)49)12-14-31(29)37(33)18-20-51(41,42)43/h9-16,21-22H,6-8,17-20H2,1-5H3,(H3-,38,39,40,41,42,43,44,45,46,47,48,49)/p+2. The van der Waals surface area contributed by atoms with Crippen molar-refractivity contribution in [2.75, 3.05) is 24.6 Å². The van der Waals surface area contributed by atoms with E-state index < -0.39 is 62.8 Å². The molecule has 1 aliphatic carbocycles. The topological polar surface area (TPSA) is 225 Å². The van der Waals surface area contributed by atoms with Crippen molar-refractivity contribution in [3.63, 3.8) is 0 Å². The van der Waals surface area contributed by atoms with Crippen LogP contribution in [0.5, 0.6) is 0 Å². The Kier molecular flexibility index (Phi) is 10.8. The molecule has 14 nitrogen and oxygen atoms in total. The summed E-state index contributed by atoms with van der Waals surface area (Å²) in [6.45, 7) is 9.26. The minimum absolute atomic E-state index is 0.0328. The molecule has 5 rings (SSSR count). The second-order valence-electron chi connectivity index (χ2n) is 14.5. The van der Waals surface area contributed by atoms with E-state index in [1.54, 1.807) is 4.58 Å². The highest BCUT2D eigenvalue weighted by molar-refractivity contribution is 7.86. The van der Waals surface area contributed by atoms with Gasteiger partial charge in [-0.05, 0) is 101 Å². The van der Waals surface area contributed by atoms with E-state index in [2.05, 4.69) is 0 Å². The zero-order valence-electron chi connectivity index (χ0n) is 29.9. The molecule has 0 saturated heterocycles. The van der Waals surface area contributed by atoms with Crippen LogP contribution in [0.2, 0.25) is 0 Å². The molecule has 3 aliphatic rings. The van der Waals surface area contributed by atoms with E-state index in [1.165, 1.54) is 36.4 Å². The van der Waals surface area contributed by atoms with Crippen LogP contribution in [0.4, 0.5) is 11.4 Å². The van der Waals surface area contributed by atoms with E-state index in [0.29, 0.717) is 33.1 Å². The molecule has 2 aromatic carbocycles. The van der Waals surface area contributed by atoms with Gasteiger partial charge in [0.05, 0.1) is 20.6 Å². The second kappa shape index (κ2) is 14.1. The van der Waals surface area contributed by atoms with Crippen molar-refractivity contribution < 1.29 is 61.4 Å². The predicted octanol–water partition coefficient (Wildman–Crippen LogP) is 3.71. The van der Waals surface area contributed by atoms with Gasteiger partial charge in [-0.1, -0.05) is 12.2 Å². The maximum atomic E-state index is 12.0. The number of nitrogens with one attached hydrogen (secondary N) is 1. The minimum atomic E-state index is -4.52. The Hall–Kier alpha value is -3.33. The summed E-state index contributed by atoms with van der Waals surface area (Å²) in [4.78, 5) is 0.0349. The number of hydrogen-bond acceptors (Lipinski definition) is 8. The number of hydrogen-bond donors (Lipinski definition) is 5. The van der Waals surface area contributed by atoms with Crippen LogP contribution in [0.1, 0.15) is 65.0 Å². The van der Waals surface area contributed by atoms with Gasteiger partial charge < -0.3 is 0 Å². The highest BCUT2D eigenvalue weighted by Gasteiger charge is 2.47. The van der Waals surface area contributed by atoms with Gasteiger partial charge in [-0.2, -0.15) is 38.2 Å². The van der Waals surface area contributed by atoms with Crippen molar-refractivity contribution in [2.45, 2.75) is 74.5 Å². The third-order valence-electron chi connectivity index (χ3n) is 10.4. The van der Waals surface area contributed by atoms with Crippen LogP contribution in [0.3, 0.4) is 0 Å². The summed E-state index contributed by atoms with van der Waals surface area (Å²) >= 11 is 0. The maximum absolute atomic E-state index is 12.0. The molecule has 0 radical (unpaired) electrons. The molecule has 0 bridgehead atoms. The molecule has 2 aliphatic heterocycles. The van der Waals surface area contributed by atoms with Gasteiger partial charge >= 0.3 is 0 Å². The Morgan fingerprint density at radius 3 is 1.91 bits per heavy atom. The Morgan fingerprint density at radius 1 is 0.736 bits per heavy atom. The van der Waals surface area contributed by atoms with E-state index >= 15 is 0 Å². The van der Waals surface area contributed by atoms with Crippen LogP contribution in [0.25, 0.3) is 0 Å². The molecule has 1 atom stereocenters. The number of benzene rings is 2. The molecule has 0 amide bonds. The van der Waals surface area contributed by atoms with Crippen LogP contribution in [-0.2, 0) is 51.3 Å². The highest BCUT2D eigenvalue weighted by atomic mass is 32.2. The van der Waals surface area contributed by atoms with Crippen molar-refractivity contribution in [3.05, 3.63) is 94.2 Å². The van der Waals surface area contributed by atoms with E-state index in [1.807, 2.05) is 58.9 Å². The quantitative estimate of drug-likeness (QED) is 0.162. The SMILES string of the molecule is CC1=C(/C=C/C2=[N+](CCS(=O)(=O)O)c3ccc(S(=O)(=O)O)cc3C2(C)C)CCC/C1=C\C=C1\[NH+](CCS(=O)(=O)O)c2ccc(S(=O)(=O)O)cc2C1(C)C. The summed E-state index contributed by atoms with van der Waals surface area (Å²) in [6, 6.07) is 8.26. The van der Waals surface area contributed by atoms with E-state index in [9.17, 15) is 51.9 Å². The monoisotopic (exact) mass is 812 g/mol. The smallest absolute Gasteiger partial charge is 0.285 e. The van der Waals surface area contributed by atoms with Gasteiger partial charge in [0.15, 0.2) is 12.3 Å². The van der Waals surface area contributed by atoms with Gasteiger partial charge in [0.2, 0.25) is 5.69 Å². The molecule has 288 valence electrons. The fraction of sp³-hybridized carbons (Fsp3) is 0.400. The first-order chi connectivity index (χ1) is 24.2. The molecule has 0 fully saturated rings. The van der Waals surface area contributed by atoms with E-state index in [4.69, 9.17) is 0 Å². The molecule has 0 saturated carbocycles. The Balaban J connectivity index is 1.56. The van der Waals surface area contributed by atoms with Crippen LogP contribution in [-0.4, -0.2) is 86.8 Å². The van der Waals surface area contributed by atoms with Crippen LogP contribution < -0.4 is 4.90 Å². The van der Waals surface area contributed by atoms with E-state index in [0.717, 1.165) is 41.7 Å². The molecular weight excluding hydrogens is 769 g/mol. The third kappa shape index (κ3) is 8.66. The van der Waals surface area contributed by atoms with Crippen LogP contribution in [0.15, 0.2) is 92.9 Å². The van der Waals surface area contributed by atoms with Crippen molar-refractivity contribution in [3.8, 4) is 0 Å². The van der Waals surface area contributed by atoms with Crippen molar-refractivity contribution in [1.29, 1.82) is 0 Å². The Labute approximate surface area is 310 Å². The number of nitrogens with zero attached hydrogens (tertiary/aromatic N) is 1. The number of fused-ring (bicyclic) bond motifs is 2. The summed E-state index contributed by atoms with van der Waals surface area (Å²) < 4.78 is 135. The van der Waals surface area contributed by atoms with Crippen LogP contribution in [0, 0.1) is 0 Å². The molecule has 2 heterocycles. The molecule has 18 heteroatoms. The zero-order valence-corrected chi connectivity index (χ0v) is 33.1. The van der Waals surface area contributed by atoms with Crippen LogP contribution >= 0.6 is 0 Å². The lowest BCUT2D eigenvalue weighted by Gasteiger charge is -2.22. The van der Waals surface area contributed by atoms with Gasteiger partial charge in [0, 0.05) is 29.3 Å².